The maximum absolute atomic E-state index is 12.6. The van der Waals surface area contributed by atoms with Gasteiger partial charge in [-0.15, -0.1) is 12.4 Å². The molecule has 2 N–H and O–H groups in total. The van der Waals surface area contributed by atoms with Gasteiger partial charge in [-0.25, -0.2) is 0 Å². The number of aryl methyl sites for hydroxylation is 1. The number of hydrogen-bond acceptors (Lipinski definition) is 3. The number of carbonyl (C=O) groups excluding carboxylic acids is 1. The molecule has 1 aromatic carbocycles. The molecule has 0 atom stereocenters. The topological polar surface area (TPSA) is 59.5 Å². The number of benzene rings is 1. The number of nitrogens with zero attached hydrogens (tertiary/aromatic N) is 1. The molecule has 0 unspecified atom stereocenters. The SMILES string of the molecule is Cc1occc1C(=O)N(CCCN)Cc1ccccc1.Cl. The molecule has 0 fully saturated rings. The molecule has 2 rings (SSSR count). The molecule has 1 aromatic heterocycles. The van der Waals surface area contributed by atoms with Crippen LogP contribution < -0.4 is 5.73 Å². The largest absolute Gasteiger partial charge is 0.469 e. The van der Waals surface area contributed by atoms with E-state index in [2.05, 4.69) is 0 Å². The van der Waals surface area contributed by atoms with Gasteiger partial charge in [0.15, 0.2) is 0 Å². The van der Waals surface area contributed by atoms with Gasteiger partial charge in [0.1, 0.15) is 5.76 Å². The third kappa shape index (κ3) is 4.62. The summed E-state index contributed by atoms with van der Waals surface area (Å²) < 4.78 is 5.22. The van der Waals surface area contributed by atoms with Gasteiger partial charge in [-0.3, -0.25) is 4.79 Å². The van der Waals surface area contributed by atoms with Crippen LogP contribution in [0.1, 0.15) is 28.1 Å². The van der Waals surface area contributed by atoms with E-state index in [1.54, 1.807) is 19.3 Å². The van der Waals surface area contributed by atoms with E-state index in [9.17, 15) is 4.79 Å². The van der Waals surface area contributed by atoms with Crippen molar-refractivity contribution in [2.75, 3.05) is 13.1 Å². The van der Waals surface area contributed by atoms with Crippen LogP contribution in [-0.4, -0.2) is 23.9 Å². The molecule has 0 aliphatic carbocycles. The van der Waals surface area contributed by atoms with Crippen molar-refractivity contribution in [2.24, 2.45) is 5.73 Å². The minimum atomic E-state index is -0.00597. The zero-order chi connectivity index (χ0) is 14.4. The molecule has 1 amide bonds. The minimum absolute atomic E-state index is 0. The molecule has 0 saturated carbocycles. The smallest absolute Gasteiger partial charge is 0.257 e. The van der Waals surface area contributed by atoms with Crippen LogP contribution in [0.25, 0.3) is 0 Å². The van der Waals surface area contributed by atoms with Crippen molar-refractivity contribution in [2.45, 2.75) is 19.9 Å². The molecule has 0 aliphatic heterocycles. The van der Waals surface area contributed by atoms with Crippen LogP contribution in [-0.2, 0) is 6.54 Å². The zero-order valence-electron chi connectivity index (χ0n) is 12.1. The van der Waals surface area contributed by atoms with E-state index >= 15 is 0 Å². The maximum Gasteiger partial charge on any atom is 0.257 e. The van der Waals surface area contributed by atoms with Crippen LogP contribution in [0.15, 0.2) is 47.1 Å². The van der Waals surface area contributed by atoms with E-state index in [0.29, 0.717) is 31.0 Å². The van der Waals surface area contributed by atoms with Gasteiger partial charge >= 0.3 is 0 Å². The highest BCUT2D eigenvalue weighted by Gasteiger charge is 2.19. The molecule has 21 heavy (non-hydrogen) atoms. The first kappa shape index (κ1) is 17.3. The number of carbonyl (C=O) groups is 1. The maximum atomic E-state index is 12.6. The quantitative estimate of drug-likeness (QED) is 0.892. The average Bonchev–Trinajstić information content (AvgIpc) is 2.90. The molecular weight excluding hydrogens is 288 g/mol. The van der Waals surface area contributed by atoms with Crippen molar-refractivity contribution in [3.05, 3.63) is 59.5 Å². The van der Waals surface area contributed by atoms with E-state index in [-0.39, 0.29) is 18.3 Å². The lowest BCUT2D eigenvalue weighted by Crippen LogP contribution is -2.32. The highest BCUT2D eigenvalue weighted by atomic mass is 35.5. The minimum Gasteiger partial charge on any atom is -0.469 e. The van der Waals surface area contributed by atoms with E-state index in [1.807, 2.05) is 35.2 Å². The number of rotatable bonds is 6. The van der Waals surface area contributed by atoms with E-state index < -0.39 is 0 Å². The Kier molecular flexibility index (Phi) is 6.99. The standard InChI is InChI=1S/C16H20N2O2.ClH/c1-13-15(8-11-20-13)16(19)18(10-5-9-17)12-14-6-3-2-4-7-14;/h2-4,6-8,11H,5,9-10,12,17H2,1H3;1H. The Morgan fingerprint density at radius 2 is 1.95 bits per heavy atom. The van der Waals surface area contributed by atoms with E-state index in [1.165, 1.54) is 0 Å². The average molecular weight is 309 g/mol. The summed E-state index contributed by atoms with van der Waals surface area (Å²) >= 11 is 0. The monoisotopic (exact) mass is 308 g/mol. The van der Waals surface area contributed by atoms with E-state index in [0.717, 1.165) is 12.0 Å². The number of furan rings is 1. The Morgan fingerprint density at radius 3 is 2.52 bits per heavy atom. The zero-order valence-corrected chi connectivity index (χ0v) is 12.9. The Labute approximate surface area is 131 Å². The van der Waals surface area contributed by atoms with Gasteiger partial charge in [-0.1, -0.05) is 30.3 Å². The summed E-state index contributed by atoms with van der Waals surface area (Å²) in [7, 11) is 0. The molecule has 2 aromatic rings. The van der Waals surface area contributed by atoms with Crippen molar-refractivity contribution in [3.8, 4) is 0 Å². The molecule has 1 heterocycles. The van der Waals surface area contributed by atoms with Gasteiger partial charge in [0.2, 0.25) is 0 Å². The Balaban J connectivity index is 0.00000220. The first-order valence-electron chi connectivity index (χ1n) is 6.79. The van der Waals surface area contributed by atoms with Crippen LogP contribution >= 0.6 is 12.4 Å². The van der Waals surface area contributed by atoms with Crippen molar-refractivity contribution in [3.63, 3.8) is 0 Å². The van der Waals surface area contributed by atoms with Crippen molar-refractivity contribution in [1.82, 2.24) is 4.90 Å². The highest BCUT2D eigenvalue weighted by Crippen LogP contribution is 2.15. The van der Waals surface area contributed by atoms with Crippen molar-refractivity contribution >= 4 is 18.3 Å². The second-order valence-electron chi connectivity index (χ2n) is 4.74. The van der Waals surface area contributed by atoms with Gasteiger partial charge in [-0.2, -0.15) is 0 Å². The molecule has 114 valence electrons. The van der Waals surface area contributed by atoms with Crippen LogP contribution in [0, 0.1) is 6.92 Å². The molecule has 4 nitrogen and oxygen atoms in total. The number of halogens is 1. The lowest BCUT2D eigenvalue weighted by molar-refractivity contribution is 0.0740. The fourth-order valence-corrected chi connectivity index (χ4v) is 2.12. The lowest BCUT2D eigenvalue weighted by atomic mass is 10.1. The van der Waals surface area contributed by atoms with Crippen LogP contribution in [0.3, 0.4) is 0 Å². The van der Waals surface area contributed by atoms with Gasteiger partial charge in [0, 0.05) is 13.1 Å². The second-order valence-corrected chi connectivity index (χ2v) is 4.74. The normalized spacial score (nSPS) is 10.0. The Morgan fingerprint density at radius 1 is 1.24 bits per heavy atom. The van der Waals surface area contributed by atoms with Crippen molar-refractivity contribution < 1.29 is 9.21 Å². The fourth-order valence-electron chi connectivity index (χ4n) is 2.12. The van der Waals surface area contributed by atoms with Gasteiger partial charge < -0.3 is 15.1 Å². The third-order valence-electron chi connectivity index (χ3n) is 3.22. The van der Waals surface area contributed by atoms with Crippen molar-refractivity contribution in [1.29, 1.82) is 0 Å². The first-order chi connectivity index (χ1) is 9.72. The lowest BCUT2D eigenvalue weighted by Gasteiger charge is -2.22. The summed E-state index contributed by atoms with van der Waals surface area (Å²) in [6.07, 6.45) is 2.33. The molecule has 0 radical (unpaired) electrons. The van der Waals surface area contributed by atoms with Gasteiger partial charge in [0.25, 0.3) is 5.91 Å². The molecule has 5 heteroatoms. The van der Waals surface area contributed by atoms with Gasteiger partial charge in [0.05, 0.1) is 11.8 Å². The number of hydrogen-bond donors (Lipinski definition) is 1. The van der Waals surface area contributed by atoms with Gasteiger partial charge in [-0.05, 0) is 31.5 Å². The number of nitrogens with two attached hydrogens (primary N) is 1. The predicted molar refractivity (Wildman–Crippen MR) is 85.5 cm³/mol. The molecular formula is C16H21ClN2O2. The summed E-state index contributed by atoms with van der Waals surface area (Å²) in [5.41, 5.74) is 7.30. The number of amides is 1. The molecule has 0 bridgehead atoms. The Bertz CT molecular complexity index is 554. The van der Waals surface area contributed by atoms with Crippen LogP contribution in [0.4, 0.5) is 0 Å². The predicted octanol–water partition coefficient (Wildman–Crippen LogP) is 3.00. The van der Waals surface area contributed by atoms with E-state index in [4.69, 9.17) is 10.2 Å². The molecule has 0 saturated heterocycles. The summed E-state index contributed by atoms with van der Waals surface area (Å²) in [5, 5.41) is 0. The first-order valence-corrected chi connectivity index (χ1v) is 6.79. The molecule has 0 spiro atoms. The highest BCUT2D eigenvalue weighted by molar-refractivity contribution is 5.95. The van der Waals surface area contributed by atoms with Crippen LogP contribution in [0.5, 0.6) is 0 Å². The fraction of sp³-hybridized carbons (Fsp3) is 0.312. The van der Waals surface area contributed by atoms with Crippen LogP contribution in [0.2, 0.25) is 0 Å². The summed E-state index contributed by atoms with van der Waals surface area (Å²) in [6, 6.07) is 11.7. The molecule has 0 aliphatic rings. The third-order valence-corrected chi connectivity index (χ3v) is 3.22. The summed E-state index contributed by atoms with van der Waals surface area (Å²) in [5.74, 6) is 0.648. The second kappa shape index (κ2) is 8.49. The summed E-state index contributed by atoms with van der Waals surface area (Å²) in [6.45, 7) is 3.61. The summed E-state index contributed by atoms with van der Waals surface area (Å²) in [4.78, 5) is 14.4. The Hall–Kier alpha value is -1.78.